The van der Waals surface area contributed by atoms with Crippen molar-refractivity contribution in [3.8, 4) is 0 Å². The number of halogens is 2. The van der Waals surface area contributed by atoms with Crippen molar-refractivity contribution < 1.29 is 9.18 Å². The fourth-order valence-corrected chi connectivity index (χ4v) is 2.35. The van der Waals surface area contributed by atoms with Crippen LogP contribution in [0, 0.1) is 5.82 Å². The summed E-state index contributed by atoms with van der Waals surface area (Å²) < 4.78 is 15.4. The van der Waals surface area contributed by atoms with Crippen LogP contribution in [0.3, 0.4) is 0 Å². The minimum absolute atomic E-state index is 0.0904. The van der Waals surface area contributed by atoms with Gasteiger partial charge in [-0.3, -0.25) is 14.4 Å². The summed E-state index contributed by atoms with van der Waals surface area (Å²) in [6.45, 7) is 4.75. The number of nitrogens with one attached hydrogen (secondary N) is 1. The van der Waals surface area contributed by atoms with Gasteiger partial charge in [0, 0.05) is 36.4 Å². The van der Waals surface area contributed by atoms with Gasteiger partial charge in [-0.2, -0.15) is 5.10 Å². The van der Waals surface area contributed by atoms with E-state index in [9.17, 15) is 9.18 Å². The molecule has 1 aromatic heterocycles. The Balaban J connectivity index is 2.01. The second-order valence-electron chi connectivity index (χ2n) is 5.69. The van der Waals surface area contributed by atoms with E-state index in [1.54, 1.807) is 10.9 Å². The van der Waals surface area contributed by atoms with Crippen LogP contribution in [0.4, 0.5) is 10.1 Å². The van der Waals surface area contributed by atoms with Crippen LogP contribution in [0.5, 0.6) is 0 Å². The molecule has 2 aromatic rings. The minimum atomic E-state index is -0.508. The molecular weight excluding hydrogens is 319 g/mol. The van der Waals surface area contributed by atoms with E-state index in [4.69, 9.17) is 11.6 Å². The number of rotatable bonds is 6. The highest BCUT2D eigenvalue weighted by Gasteiger charge is 2.16. The lowest BCUT2D eigenvalue weighted by molar-refractivity contribution is -0.117. The van der Waals surface area contributed by atoms with Gasteiger partial charge < -0.3 is 5.32 Å². The lowest BCUT2D eigenvalue weighted by Gasteiger charge is -2.25. The van der Waals surface area contributed by atoms with Crippen LogP contribution in [-0.2, 0) is 18.4 Å². The second-order valence-corrected chi connectivity index (χ2v) is 6.13. The van der Waals surface area contributed by atoms with E-state index < -0.39 is 5.82 Å². The Morgan fingerprint density at radius 2 is 2.22 bits per heavy atom. The van der Waals surface area contributed by atoms with E-state index in [1.807, 2.05) is 32.0 Å². The quantitative estimate of drug-likeness (QED) is 0.880. The average Bonchev–Trinajstić information content (AvgIpc) is 2.87. The molecule has 1 aromatic carbocycles. The van der Waals surface area contributed by atoms with Crippen LogP contribution in [0.2, 0.25) is 5.02 Å². The molecule has 0 aliphatic carbocycles. The summed E-state index contributed by atoms with van der Waals surface area (Å²) in [7, 11) is 1.85. The third-order valence-electron chi connectivity index (χ3n) is 3.42. The predicted octanol–water partition coefficient (Wildman–Crippen LogP) is 3.06. The van der Waals surface area contributed by atoms with Gasteiger partial charge in [-0.15, -0.1) is 0 Å². The first kappa shape index (κ1) is 17.4. The molecule has 2 rings (SSSR count). The highest BCUT2D eigenvalue weighted by molar-refractivity contribution is 6.30. The third-order valence-corrected chi connectivity index (χ3v) is 3.66. The van der Waals surface area contributed by atoms with E-state index in [-0.39, 0.29) is 24.2 Å². The molecule has 124 valence electrons. The maximum absolute atomic E-state index is 13.7. The fraction of sp³-hybridized carbons (Fsp3) is 0.375. The topological polar surface area (TPSA) is 50.2 Å². The Bertz CT molecular complexity index is 686. The van der Waals surface area contributed by atoms with Crippen molar-refractivity contribution >= 4 is 23.2 Å². The molecule has 0 radical (unpaired) electrons. The number of hydrogen-bond acceptors (Lipinski definition) is 3. The third kappa shape index (κ3) is 5.04. The molecule has 0 aliphatic heterocycles. The zero-order chi connectivity index (χ0) is 17.0. The number of nitrogens with zero attached hydrogens (tertiary/aromatic N) is 3. The Hall–Kier alpha value is -1.92. The highest BCUT2D eigenvalue weighted by atomic mass is 35.5. The maximum Gasteiger partial charge on any atom is 0.238 e. The Morgan fingerprint density at radius 3 is 2.83 bits per heavy atom. The van der Waals surface area contributed by atoms with E-state index in [0.717, 1.165) is 5.56 Å². The van der Waals surface area contributed by atoms with Gasteiger partial charge in [-0.1, -0.05) is 11.6 Å². The average molecular weight is 339 g/mol. The molecule has 0 aliphatic rings. The molecule has 0 bridgehead atoms. The van der Waals surface area contributed by atoms with Crippen molar-refractivity contribution in [3.63, 3.8) is 0 Å². The van der Waals surface area contributed by atoms with Crippen molar-refractivity contribution in [1.82, 2.24) is 14.7 Å². The summed E-state index contributed by atoms with van der Waals surface area (Å²) >= 11 is 5.83. The molecule has 7 heteroatoms. The van der Waals surface area contributed by atoms with Gasteiger partial charge in [-0.05, 0) is 32.0 Å². The zero-order valence-corrected chi connectivity index (χ0v) is 14.1. The second kappa shape index (κ2) is 7.57. The van der Waals surface area contributed by atoms with E-state index in [0.29, 0.717) is 11.6 Å². The van der Waals surface area contributed by atoms with Crippen LogP contribution >= 0.6 is 11.6 Å². The fourth-order valence-electron chi connectivity index (χ4n) is 2.18. The molecule has 0 unspecified atom stereocenters. The Labute approximate surface area is 140 Å². The molecule has 23 heavy (non-hydrogen) atoms. The number of aryl methyl sites for hydroxylation is 1. The number of aromatic nitrogens is 2. The first-order valence-electron chi connectivity index (χ1n) is 7.31. The van der Waals surface area contributed by atoms with Crippen molar-refractivity contribution in [2.24, 2.45) is 7.05 Å². The summed E-state index contributed by atoms with van der Waals surface area (Å²) in [4.78, 5) is 14.2. The molecular formula is C16H20ClFN4O. The number of carbonyl (C=O) groups excluding carboxylic acids is 1. The lowest BCUT2D eigenvalue weighted by Crippen LogP contribution is -2.37. The van der Waals surface area contributed by atoms with Gasteiger partial charge in [0.2, 0.25) is 5.91 Å². The Morgan fingerprint density at radius 1 is 1.48 bits per heavy atom. The standard InChI is InChI=1S/C16H20ClFN4O/c1-11(2)22(9-12-7-19-21(3)8-12)10-16(23)20-15-6-13(17)4-5-14(15)18/h4-8,11H,9-10H2,1-3H3,(H,20,23). The molecule has 1 heterocycles. The lowest BCUT2D eigenvalue weighted by atomic mass is 10.2. The van der Waals surface area contributed by atoms with Gasteiger partial charge in [0.25, 0.3) is 0 Å². The van der Waals surface area contributed by atoms with Crippen LogP contribution in [0.1, 0.15) is 19.4 Å². The van der Waals surface area contributed by atoms with Gasteiger partial charge in [-0.25, -0.2) is 4.39 Å². The maximum atomic E-state index is 13.7. The van der Waals surface area contributed by atoms with Crippen LogP contribution in [-0.4, -0.2) is 33.2 Å². The number of carbonyl (C=O) groups is 1. The van der Waals surface area contributed by atoms with Gasteiger partial charge >= 0.3 is 0 Å². The van der Waals surface area contributed by atoms with E-state index in [1.165, 1.54) is 18.2 Å². The first-order chi connectivity index (χ1) is 10.8. The van der Waals surface area contributed by atoms with Crippen LogP contribution < -0.4 is 5.32 Å². The summed E-state index contributed by atoms with van der Waals surface area (Å²) in [6.07, 6.45) is 3.67. The van der Waals surface area contributed by atoms with Gasteiger partial charge in [0.15, 0.2) is 0 Å². The molecule has 5 nitrogen and oxygen atoms in total. The molecule has 1 N–H and O–H groups in total. The van der Waals surface area contributed by atoms with Crippen LogP contribution in [0.15, 0.2) is 30.6 Å². The highest BCUT2D eigenvalue weighted by Crippen LogP contribution is 2.19. The summed E-state index contributed by atoms with van der Waals surface area (Å²) in [6, 6.07) is 4.23. The van der Waals surface area contributed by atoms with Crippen molar-refractivity contribution in [2.45, 2.75) is 26.4 Å². The van der Waals surface area contributed by atoms with Crippen molar-refractivity contribution in [1.29, 1.82) is 0 Å². The number of benzene rings is 1. The molecule has 0 saturated carbocycles. The predicted molar refractivity (Wildman–Crippen MR) is 88.8 cm³/mol. The molecule has 0 saturated heterocycles. The number of anilines is 1. The molecule has 0 spiro atoms. The van der Waals surface area contributed by atoms with E-state index in [2.05, 4.69) is 10.4 Å². The monoisotopic (exact) mass is 338 g/mol. The zero-order valence-electron chi connectivity index (χ0n) is 13.4. The summed E-state index contributed by atoms with van der Waals surface area (Å²) in [5.74, 6) is -0.796. The Kier molecular flexibility index (Phi) is 5.74. The minimum Gasteiger partial charge on any atom is -0.322 e. The normalized spacial score (nSPS) is 11.3. The van der Waals surface area contributed by atoms with Crippen molar-refractivity contribution in [2.75, 3.05) is 11.9 Å². The summed E-state index contributed by atoms with van der Waals surface area (Å²) in [5.41, 5.74) is 1.11. The van der Waals surface area contributed by atoms with E-state index >= 15 is 0 Å². The summed E-state index contributed by atoms with van der Waals surface area (Å²) in [5, 5.41) is 7.06. The largest absolute Gasteiger partial charge is 0.322 e. The molecule has 0 atom stereocenters. The smallest absolute Gasteiger partial charge is 0.238 e. The van der Waals surface area contributed by atoms with Gasteiger partial charge in [0.05, 0.1) is 18.4 Å². The first-order valence-corrected chi connectivity index (χ1v) is 7.69. The molecule has 0 fully saturated rings. The van der Waals surface area contributed by atoms with Crippen molar-refractivity contribution in [3.05, 3.63) is 47.0 Å². The number of amides is 1. The SMILES string of the molecule is CC(C)N(CC(=O)Nc1cc(Cl)ccc1F)Cc1cnn(C)c1. The van der Waals surface area contributed by atoms with Crippen LogP contribution in [0.25, 0.3) is 0 Å². The van der Waals surface area contributed by atoms with Gasteiger partial charge in [0.1, 0.15) is 5.82 Å². The molecule has 1 amide bonds. The number of hydrogen-bond donors (Lipinski definition) is 1.